The highest BCUT2D eigenvalue weighted by Gasteiger charge is 2.40. The molecule has 0 unspecified atom stereocenters. The molecule has 14 heavy (non-hydrogen) atoms. The standard InChI is InChI=1S/C9H13F2NO2/c1-4-5-12(7(2)3)6-9(10,11)8(13)14/h1,7H,5-6H2,2-3H3,(H,13,14). The van der Waals surface area contributed by atoms with Crippen molar-refractivity contribution in [2.24, 2.45) is 0 Å². The Morgan fingerprint density at radius 1 is 1.64 bits per heavy atom. The van der Waals surface area contributed by atoms with Crippen LogP contribution in [-0.4, -0.2) is 41.0 Å². The second kappa shape index (κ2) is 4.91. The van der Waals surface area contributed by atoms with Crippen LogP contribution in [0, 0.1) is 12.3 Å². The first kappa shape index (κ1) is 12.8. The van der Waals surface area contributed by atoms with Gasteiger partial charge in [-0.15, -0.1) is 6.42 Å². The number of rotatable bonds is 5. The van der Waals surface area contributed by atoms with Crippen molar-refractivity contribution in [2.75, 3.05) is 13.1 Å². The first-order valence-corrected chi connectivity index (χ1v) is 4.10. The number of carbonyl (C=O) groups is 1. The molecule has 0 spiro atoms. The van der Waals surface area contributed by atoms with E-state index in [1.165, 1.54) is 4.90 Å². The molecule has 0 aliphatic carbocycles. The normalized spacial score (nSPS) is 11.8. The number of hydrogen-bond acceptors (Lipinski definition) is 2. The Morgan fingerprint density at radius 3 is 2.43 bits per heavy atom. The lowest BCUT2D eigenvalue weighted by atomic mass is 10.2. The second-order valence-electron chi connectivity index (χ2n) is 3.21. The number of carboxylic acids is 1. The second-order valence-corrected chi connectivity index (χ2v) is 3.21. The summed E-state index contributed by atoms with van der Waals surface area (Å²) in [7, 11) is 0. The Hall–Kier alpha value is -1.15. The molecule has 0 aromatic heterocycles. The fourth-order valence-electron chi connectivity index (χ4n) is 0.861. The smallest absolute Gasteiger partial charge is 0.375 e. The number of hydrogen-bond donors (Lipinski definition) is 1. The van der Waals surface area contributed by atoms with Gasteiger partial charge in [0.2, 0.25) is 0 Å². The Labute approximate surface area is 81.7 Å². The molecule has 1 N–H and O–H groups in total. The van der Waals surface area contributed by atoms with Gasteiger partial charge in [-0.05, 0) is 13.8 Å². The largest absolute Gasteiger partial charge is 0.477 e. The molecule has 0 atom stereocenters. The first-order chi connectivity index (χ1) is 6.31. The third-order valence-corrected chi connectivity index (χ3v) is 1.74. The van der Waals surface area contributed by atoms with Crippen molar-refractivity contribution in [1.29, 1.82) is 0 Å². The number of alkyl halides is 2. The van der Waals surface area contributed by atoms with Crippen LogP contribution in [0.2, 0.25) is 0 Å². The van der Waals surface area contributed by atoms with Gasteiger partial charge in [0.05, 0.1) is 13.1 Å². The van der Waals surface area contributed by atoms with E-state index in [4.69, 9.17) is 11.5 Å². The Bertz CT molecular complexity index is 246. The van der Waals surface area contributed by atoms with E-state index in [0.29, 0.717) is 0 Å². The summed E-state index contributed by atoms with van der Waals surface area (Å²) in [4.78, 5) is 11.4. The molecule has 0 fully saturated rings. The maximum atomic E-state index is 12.8. The molecule has 0 bridgehead atoms. The number of carboxylic acid groups (broad SMARTS) is 1. The van der Waals surface area contributed by atoms with Gasteiger partial charge in [0.15, 0.2) is 0 Å². The Morgan fingerprint density at radius 2 is 2.14 bits per heavy atom. The summed E-state index contributed by atoms with van der Waals surface area (Å²) >= 11 is 0. The monoisotopic (exact) mass is 205 g/mol. The van der Waals surface area contributed by atoms with E-state index in [1.54, 1.807) is 13.8 Å². The first-order valence-electron chi connectivity index (χ1n) is 4.10. The van der Waals surface area contributed by atoms with Crippen molar-refractivity contribution in [3.63, 3.8) is 0 Å². The molecule has 0 aliphatic rings. The Balaban J connectivity index is 4.45. The lowest BCUT2D eigenvalue weighted by molar-refractivity contribution is -0.167. The van der Waals surface area contributed by atoms with E-state index in [9.17, 15) is 13.6 Å². The third kappa shape index (κ3) is 3.71. The van der Waals surface area contributed by atoms with Gasteiger partial charge in [-0.2, -0.15) is 8.78 Å². The highest BCUT2D eigenvalue weighted by atomic mass is 19.3. The van der Waals surface area contributed by atoms with Crippen LogP contribution in [0.5, 0.6) is 0 Å². The lowest BCUT2D eigenvalue weighted by Gasteiger charge is -2.26. The molecule has 80 valence electrons. The Kier molecular flexibility index (Phi) is 4.51. The molecule has 0 heterocycles. The van der Waals surface area contributed by atoms with Gasteiger partial charge in [-0.25, -0.2) is 4.79 Å². The predicted octanol–water partition coefficient (Wildman–Crippen LogP) is 1.05. The van der Waals surface area contributed by atoms with Crippen molar-refractivity contribution in [1.82, 2.24) is 4.90 Å². The number of aliphatic carboxylic acids is 1. The van der Waals surface area contributed by atoms with Crippen LogP contribution in [0.15, 0.2) is 0 Å². The summed E-state index contributed by atoms with van der Waals surface area (Å²) < 4.78 is 25.5. The topological polar surface area (TPSA) is 40.5 Å². The van der Waals surface area contributed by atoms with Crippen LogP contribution in [0.3, 0.4) is 0 Å². The lowest BCUT2D eigenvalue weighted by Crippen LogP contribution is -2.45. The molecular weight excluding hydrogens is 192 g/mol. The van der Waals surface area contributed by atoms with Gasteiger partial charge in [-0.1, -0.05) is 5.92 Å². The van der Waals surface area contributed by atoms with Gasteiger partial charge in [0.1, 0.15) is 0 Å². The van der Waals surface area contributed by atoms with Crippen molar-refractivity contribution in [3.05, 3.63) is 0 Å². The average molecular weight is 205 g/mol. The molecule has 0 aromatic rings. The molecular formula is C9H13F2NO2. The number of terminal acetylenes is 1. The number of nitrogens with zero attached hydrogens (tertiary/aromatic N) is 1. The maximum Gasteiger partial charge on any atom is 0.375 e. The van der Waals surface area contributed by atoms with Crippen molar-refractivity contribution in [2.45, 2.75) is 25.8 Å². The van der Waals surface area contributed by atoms with Crippen LogP contribution in [-0.2, 0) is 4.79 Å². The molecule has 0 rings (SSSR count). The van der Waals surface area contributed by atoms with E-state index in [2.05, 4.69) is 5.92 Å². The number of halogens is 2. The zero-order chi connectivity index (χ0) is 11.4. The molecule has 0 aliphatic heterocycles. The van der Waals surface area contributed by atoms with E-state index in [-0.39, 0.29) is 12.6 Å². The quantitative estimate of drug-likeness (QED) is 0.682. The van der Waals surface area contributed by atoms with Crippen molar-refractivity contribution < 1.29 is 18.7 Å². The zero-order valence-corrected chi connectivity index (χ0v) is 8.13. The highest BCUT2D eigenvalue weighted by Crippen LogP contribution is 2.16. The van der Waals surface area contributed by atoms with Crippen LogP contribution in [0.25, 0.3) is 0 Å². The molecule has 3 nitrogen and oxygen atoms in total. The molecule has 0 radical (unpaired) electrons. The third-order valence-electron chi connectivity index (χ3n) is 1.74. The van der Waals surface area contributed by atoms with Gasteiger partial charge in [0.25, 0.3) is 0 Å². The highest BCUT2D eigenvalue weighted by molar-refractivity contribution is 5.75. The SMILES string of the molecule is C#CCN(CC(F)(F)C(=O)O)C(C)C. The summed E-state index contributed by atoms with van der Waals surface area (Å²) in [5, 5.41) is 8.21. The fourth-order valence-corrected chi connectivity index (χ4v) is 0.861. The van der Waals surface area contributed by atoms with Crippen LogP contribution in [0.4, 0.5) is 8.78 Å². The van der Waals surface area contributed by atoms with Gasteiger partial charge in [-0.3, -0.25) is 4.90 Å². The van der Waals surface area contributed by atoms with Crippen molar-refractivity contribution >= 4 is 5.97 Å². The van der Waals surface area contributed by atoms with Crippen LogP contribution < -0.4 is 0 Å². The summed E-state index contributed by atoms with van der Waals surface area (Å²) in [6, 6.07) is -0.212. The molecule has 5 heteroatoms. The van der Waals surface area contributed by atoms with E-state index in [1.807, 2.05) is 0 Å². The minimum Gasteiger partial charge on any atom is -0.477 e. The fraction of sp³-hybridized carbons (Fsp3) is 0.667. The van der Waals surface area contributed by atoms with Crippen molar-refractivity contribution in [3.8, 4) is 12.3 Å². The van der Waals surface area contributed by atoms with Crippen LogP contribution in [0.1, 0.15) is 13.8 Å². The van der Waals surface area contributed by atoms with Crippen LogP contribution >= 0.6 is 0 Å². The summed E-state index contributed by atoms with van der Waals surface area (Å²) in [5.74, 6) is -3.66. The minimum atomic E-state index is -3.75. The molecule has 0 amide bonds. The van der Waals surface area contributed by atoms with E-state index >= 15 is 0 Å². The summed E-state index contributed by atoms with van der Waals surface area (Å²) in [6.45, 7) is 2.51. The minimum absolute atomic E-state index is 0.0144. The summed E-state index contributed by atoms with van der Waals surface area (Å²) in [6.07, 6.45) is 4.98. The van der Waals surface area contributed by atoms with Gasteiger partial charge >= 0.3 is 11.9 Å². The average Bonchev–Trinajstić information content (AvgIpc) is 2.02. The van der Waals surface area contributed by atoms with E-state index in [0.717, 1.165) is 0 Å². The van der Waals surface area contributed by atoms with E-state index < -0.39 is 18.4 Å². The predicted molar refractivity (Wildman–Crippen MR) is 48.1 cm³/mol. The zero-order valence-electron chi connectivity index (χ0n) is 8.13. The van der Waals surface area contributed by atoms with Gasteiger partial charge < -0.3 is 5.11 Å². The molecule has 0 saturated heterocycles. The molecule has 0 aromatic carbocycles. The van der Waals surface area contributed by atoms with Gasteiger partial charge in [0, 0.05) is 6.04 Å². The molecule has 0 saturated carbocycles. The summed E-state index contributed by atoms with van der Waals surface area (Å²) in [5.41, 5.74) is 0. The maximum absolute atomic E-state index is 12.8.